The number of aryl methyl sites for hydroxylation is 1. The lowest BCUT2D eigenvalue weighted by molar-refractivity contribution is 0.110. The summed E-state index contributed by atoms with van der Waals surface area (Å²) in [5, 5.41) is 16.4. The minimum atomic E-state index is -0.452. The van der Waals surface area contributed by atoms with Gasteiger partial charge in [-0.05, 0) is 83.1 Å². The summed E-state index contributed by atoms with van der Waals surface area (Å²) in [6.45, 7) is 14.1. The van der Waals surface area contributed by atoms with E-state index >= 15 is 0 Å². The average molecular weight is 434 g/mol. The Balaban J connectivity index is 1.89. The van der Waals surface area contributed by atoms with Crippen molar-refractivity contribution in [3.8, 4) is 0 Å². The molecular formula is C30H43NO. The smallest absolute Gasteiger partial charge is 0.0917 e. The maximum Gasteiger partial charge on any atom is 0.0917 e. The van der Waals surface area contributed by atoms with Crippen LogP contribution >= 0.6 is 0 Å². The highest BCUT2D eigenvalue weighted by Crippen LogP contribution is 2.32. The second-order valence-electron chi connectivity index (χ2n) is 9.86. The van der Waals surface area contributed by atoms with E-state index in [1.807, 2.05) is 0 Å². The van der Waals surface area contributed by atoms with Crippen molar-refractivity contribution < 1.29 is 5.11 Å². The van der Waals surface area contributed by atoms with Gasteiger partial charge in [-0.1, -0.05) is 89.8 Å². The molecule has 0 amide bonds. The first kappa shape index (κ1) is 24.7. The third kappa shape index (κ3) is 6.11. The van der Waals surface area contributed by atoms with Crippen molar-refractivity contribution in [1.29, 1.82) is 0 Å². The van der Waals surface area contributed by atoms with E-state index in [9.17, 15) is 5.11 Å². The zero-order valence-corrected chi connectivity index (χ0v) is 21.0. The van der Waals surface area contributed by atoms with Gasteiger partial charge in [0.25, 0.3) is 0 Å². The SMILES string of the molecule is CCCCCN(CCCCC)C[C@H](O)c1cc(C)c2ccc3cc(C(C)C)ccc3c2c1. The van der Waals surface area contributed by atoms with Gasteiger partial charge in [-0.3, -0.25) is 0 Å². The summed E-state index contributed by atoms with van der Waals surface area (Å²) in [7, 11) is 0. The van der Waals surface area contributed by atoms with Crippen molar-refractivity contribution in [2.45, 2.75) is 85.2 Å². The second kappa shape index (κ2) is 11.8. The summed E-state index contributed by atoms with van der Waals surface area (Å²) in [5.74, 6) is 0.524. The lowest BCUT2D eigenvalue weighted by atomic mass is 9.92. The fourth-order valence-electron chi connectivity index (χ4n) is 4.77. The zero-order valence-electron chi connectivity index (χ0n) is 21.0. The molecule has 32 heavy (non-hydrogen) atoms. The van der Waals surface area contributed by atoms with Crippen LogP contribution in [0.2, 0.25) is 0 Å². The number of unbranched alkanes of at least 4 members (excludes halogenated alkanes) is 4. The maximum atomic E-state index is 11.2. The number of fused-ring (bicyclic) bond motifs is 3. The van der Waals surface area contributed by atoms with E-state index in [0.29, 0.717) is 5.92 Å². The Morgan fingerprint density at radius 2 is 1.41 bits per heavy atom. The van der Waals surface area contributed by atoms with Crippen LogP contribution in [0.1, 0.15) is 94.9 Å². The van der Waals surface area contributed by atoms with Crippen molar-refractivity contribution in [1.82, 2.24) is 4.90 Å². The molecule has 3 rings (SSSR count). The molecule has 3 aromatic rings. The van der Waals surface area contributed by atoms with E-state index in [1.165, 1.54) is 71.2 Å². The molecule has 0 unspecified atom stereocenters. The molecular weight excluding hydrogens is 390 g/mol. The Morgan fingerprint density at radius 1 is 0.750 bits per heavy atom. The Morgan fingerprint density at radius 3 is 2.03 bits per heavy atom. The Kier molecular flexibility index (Phi) is 9.13. The highest BCUT2D eigenvalue weighted by atomic mass is 16.3. The van der Waals surface area contributed by atoms with Crippen LogP contribution in [-0.2, 0) is 0 Å². The fourth-order valence-corrected chi connectivity index (χ4v) is 4.77. The van der Waals surface area contributed by atoms with Crippen molar-refractivity contribution in [2.24, 2.45) is 0 Å². The van der Waals surface area contributed by atoms with Crippen molar-refractivity contribution in [3.63, 3.8) is 0 Å². The number of rotatable bonds is 12. The van der Waals surface area contributed by atoms with Crippen molar-refractivity contribution in [3.05, 3.63) is 59.2 Å². The van der Waals surface area contributed by atoms with E-state index in [2.05, 4.69) is 82.0 Å². The number of hydrogen-bond donors (Lipinski definition) is 1. The summed E-state index contributed by atoms with van der Waals surface area (Å²) in [6.07, 6.45) is 6.98. The second-order valence-corrected chi connectivity index (χ2v) is 9.86. The number of hydrogen-bond acceptors (Lipinski definition) is 2. The zero-order chi connectivity index (χ0) is 23.1. The van der Waals surface area contributed by atoms with Gasteiger partial charge in [-0.15, -0.1) is 0 Å². The molecule has 0 radical (unpaired) electrons. The highest BCUT2D eigenvalue weighted by molar-refractivity contribution is 6.08. The number of benzene rings is 3. The highest BCUT2D eigenvalue weighted by Gasteiger charge is 2.16. The van der Waals surface area contributed by atoms with E-state index in [4.69, 9.17) is 0 Å². The molecule has 0 heterocycles. The molecule has 2 nitrogen and oxygen atoms in total. The lowest BCUT2D eigenvalue weighted by Crippen LogP contribution is -2.31. The van der Waals surface area contributed by atoms with Gasteiger partial charge in [-0.2, -0.15) is 0 Å². The first-order chi connectivity index (χ1) is 15.4. The third-order valence-electron chi connectivity index (χ3n) is 6.84. The molecule has 0 spiro atoms. The van der Waals surface area contributed by atoms with Gasteiger partial charge in [0, 0.05) is 6.54 Å². The molecule has 0 aliphatic rings. The van der Waals surface area contributed by atoms with Gasteiger partial charge in [0.15, 0.2) is 0 Å². The summed E-state index contributed by atoms with van der Waals surface area (Å²) in [5.41, 5.74) is 3.67. The molecule has 0 bridgehead atoms. The fraction of sp³-hybridized carbons (Fsp3) is 0.533. The lowest BCUT2D eigenvalue weighted by Gasteiger charge is -2.26. The molecule has 3 aromatic carbocycles. The average Bonchev–Trinajstić information content (AvgIpc) is 2.78. The van der Waals surface area contributed by atoms with E-state index in [0.717, 1.165) is 25.2 Å². The minimum absolute atomic E-state index is 0.452. The Labute approximate surface area is 195 Å². The largest absolute Gasteiger partial charge is 0.387 e. The van der Waals surface area contributed by atoms with Gasteiger partial charge in [0.05, 0.1) is 6.10 Å². The molecule has 0 aliphatic heterocycles. The molecule has 0 aliphatic carbocycles. The standard InChI is InChI=1S/C30H43NO/c1-6-8-10-16-31(17-11-9-7-2)21-30(32)26-18-23(5)27-14-13-25-19-24(22(3)4)12-15-28(25)29(27)20-26/h12-15,18-20,22,30,32H,6-11,16-17,21H2,1-5H3/t30-/m0/s1. The van der Waals surface area contributed by atoms with Crippen LogP contribution in [0.4, 0.5) is 0 Å². The van der Waals surface area contributed by atoms with E-state index in [-0.39, 0.29) is 0 Å². The first-order valence-electron chi connectivity index (χ1n) is 12.8. The summed E-state index contributed by atoms with van der Waals surface area (Å²) >= 11 is 0. The van der Waals surface area contributed by atoms with Crippen LogP contribution < -0.4 is 0 Å². The third-order valence-corrected chi connectivity index (χ3v) is 6.84. The van der Waals surface area contributed by atoms with Crippen molar-refractivity contribution >= 4 is 21.5 Å². The van der Waals surface area contributed by atoms with Crippen LogP contribution in [0.25, 0.3) is 21.5 Å². The quantitative estimate of drug-likeness (QED) is 0.230. The molecule has 1 N–H and O–H groups in total. The Bertz CT molecular complexity index is 997. The maximum absolute atomic E-state index is 11.2. The first-order valence-corrected chi connectivity index (χ1v) is 12.8. The van der Waals surface area contributed by atoms with Gasteiger partial charge >= 0.3 is 0 Å². The van der Waals surface area contributed by atoms with Gasteiger partial charge < -0.3 is 10.0 Å². The summed E-state index contributed by atoms with van der Waals surface area (Å²) in [6, 6.07) is 15.8. The minimum Gasteiger partial charge on any atom is -0.387 e. The monoisotopic (exact) mass is 433 g/mol. The van der Waals surface area contributed by atoms with Crippen LogP contribution in [0.3, 0.4) is 0 Å². The summed E-state index contributed by atoms with van der Waals surface area (Å²) < 4.78 is 0. The number of aliphatic hydroxyl groups is 1. The molecule has 1 atom stereocenters. The van der Waals surface area contributed by atoms with Gasteiger partial charge in [0.2, 0.25) is 0 Å². The Hall–Kier alpha value is -1.90. The van der Waals surface area contributed by atoms with Crippen LogP contribution in [-0.4, -0.2) is 29.6 Å². The molecule has 2 heteroatoms. The van der Waals surface area contributed by atoms with Gasteiger partial charge in [-0.25, -0.2) is 0 Å². The molecule has 0 fully saturated rings. The van der Waals surface area contributed by atoms with Crippen LogP contribution in [0.5, 0.6) is 0 Å². The predicted molar refractivity (Wildman–Crippen MR) is 141 cm³/mol. The predicted octanol–water partition coefficient (Wildman–Crippen LogP) is 8.14. The number of nitrogens with zero attached hydrogens (tertiary/aromatic N) is 1. The van der Waals surface area contributed by atoms with Crippen LogP contribution in [0.15, 0.2) is 42.5 Å². The van der Waals surface area contributed by atoms with E-state index < -0.39 is 6.10 Å². The van der Waals surface area contributed by atoms with Crippen molar-refractivity contribution in [2.75, 3.05) is 19.6 Å². The molecule has 174 valence electrons. The topological polar surface area (TPSA) is 23.5 Å². The molecule has 0 aromatic heterocycles. The summed E-state index contributed by atoms with van der Waals surface area (Å²) in [4.78, 5) is 2.48. The van der Waals surface area contributed by atoms with Gasteiger partial charge in [0.1, 0.15) is 0 Å². The molecule has 0 saturated carbocycles. The van der Waals surface area contributed by atoms with Crippen LogP contribution in [0, 0.1) is 6.92 Å². The normalized spacial score (nSPS) is 13.0. The van der Waals surface area contributed by atoms with E-state index in [1.54, 1.807) is 0 Å². The number of aliphatic hydroxyl groups excluding tert-OH is 1. The molecule has 0 saturated heterocycles.